The zero-order valence-electron chi connectivity index (χ0n) is 37.7. The normalized spacial score (nSPS) is 12.5. The summed E-state index contributed by atoms with van der Waals surface area (Å²) in [6.45, 7) is 9.43. The van der Waals surface area contributed by atoms with Gasteiger partial charge in [0.2, 0.25) is 11.0 Å². The molecule has 13 heteroatoms. The number of hydrogen-bond acceptors (Lipinski definition) is 9. The fourth-order valence-corrected chi connectivity index (χ4v) is 11.6. The van der Waals surface area contributed by atoms with Gasteiger partial charge in [-0.1, -0.05) is 72.8 Å². The molecule has 1 heterocycles. The van der Waals surface area contributed by atoms with Crippen molar-refractivity contribution in [3.63, 3.8) is 0 Å². The Kier molecular flexibility index (Phi) is 17.1. The molecule has 6 aromatic rings. The van der Waals surface area contributed by atoms with E-state index in [0.29, 0.717) is 40.0 Å². The van der Waals surface area contributed by atoms with Crippen LogP contribution < -0.4 is 66.2 Å². The van der Waals surface area contributed by atoms with Crippen LogP contribution in [0.3, 0.4) is 0 Å². The monoisotopic (exact) mass is 976 g/mol. The maximum atomic E-state index is 12.9. The molecule has 0 aromatic heterocycles. The van der Waals surface area contributed by atoms with Gasteiger partial charge >= 0.3 is 51.4 Å². The number of para-hydroxylation sites is 1. The Balaban J connectivity index is 0.00000648. The zero-order valence-corrected chi connectivity index (χ0v) is 44.0. The van der Waals surface area contributed by atoms with Gasteiger partial charge in [-0.05, 0) is 123 Å². The van der Waals surface area contributed by atoms with Crippen LogP contribution in [0.25, 0.3) is 33.4 Å². The quantitative estimate of drug-likeness (QED) is 0.0178. The predicted molar refractivity (Wildman–Crippen MR) is 266 cm³/mol. The van der Waals surface area contributed by atoms with Crippen molar-refractivity contribution in [1.29, 1.82) is 0 Å². The largest absolute Gasteiger partial charge is 1.00 e. The zero-order chi connectivity index (χ0) is 45.7. The minimum Gasteiger partial charge on any atom is -0.768 e. The molecule has 0 fully saturated rings. The van der Waals surface area contributed by atoms with Crippen LogP contribution in [0, 0.1) is 27.7 Å². The first kappa shape index (κ1) is 50.1. The third kappa shape index (κ3) is 11.5. The minimum atomic E-state index is -4.87. The van der Waals surface area contributed by atoms with Crippen molar-refractivity contribution in [3.8, 4) is 22.5 Å². The van der Waals surface area contributed by atoms with E-state index in [1.807, 2.05) is 86.3 Å². The number of benzene rings is 7. The number of thioether (sulfide) groups is 2. The molecule has 0 amide bonds. The van der Waals surface area contributed by atoms with Gasteiger partial charge in [-0.15, -0.1) is 23.5 Å². The second-order valence-electron chi connectivity index (χ2n) is 16.0. The molecule has 6 aromatic carbocycles. The van der Waals surface area contributed by atoms with Crippen LogP contribution in [0.4, 0.5) is 17.1 Å². The predicted octanol–water partition coefficient (Wildman–Crippen LogP) is 9.19. The van der Waals surface area contributed by atoms with Gasteiger partial charge in [-0.2, -0.15) is 4.58 Å². The Morgan fingerprint density at radius 3 is 1.89 bits per heavy atom. The van der Waals surface area contributed by atoms with Gasteiger partial charge < -0.3 is 18.4 Å². The van der Waals surface area contributed by atoms with Crippen molar-refractivity contribution < 1.29 is 77.5 Å². The molecule has 0 radical (unpaired) electrons. The topological polar surface area (TPSA) is 117 Å². The molecule has 0 spiro atoms. The van der Waals surface area contributed by atoms with Crippen molar-refractivity contribution in [3.05, 3.63) is 179 Å². The van der Waals surface area contributed by atoms with E-state index in [-0.39, 0.29) is 61.2 Å². The molecule has 8 nitrogen and oxygen atoms in total. The van der Waals surface area contributed by atoms with E-state index in [1.54, 1.807) is 42.1 Å². The second kappa shape index (κ2) is 22.5. The molecule has 0 N–H and O–H groups in total. The fourth-order valence-electron chi connectivity index (χ4n) is 8.65. The molecule has 8 rings (SSSR count). The molecule has 2 aliphatic rings. The summed E-state index contributed by atoms with van der Waals surface area (Å²) in [4.78, 5) is 4.65. The SMILES string of the molecule is Cc1cccc(C)c1N(CCCSc1ccccc1)c1ccc2c(-c3ccccc3S(=O)(=O)[O-])c3ccc(=[N+](CCCSc4ccccc4)c4c(C)cc(S(=O)[O-])cc4C)cc-3oc2c1.[K+]. The Hall–Kier alpha value is -3.83. The van der Waals surface area contributed by atoms with E-state index < -0.39 is 21.2 Å². The Morgan fingerprint density at radius 1 is 0.667 bits per heavy atom. The van der Waals surface area contributed by atoms with Gasteiger partial charge in [0.05, 0.1) is 11.0 Å². The van der Waals surface area contributed by atoms with Crippen molar-refractivity contribution in [2.75, 3.05) is 29.5 Å². The maximum Gasteiger partial charge on any atom is 1.00 e. The number of nitrogens with zero attached hydrogens (tertiary/aromatic N) is 2. The van der Waals surface area contributed by atoms with Gasteiger partial charge in [0.15, 0.2) is 0 Å². The average molecular weight is 977 g/mol. The third-order valence-corrected chi connectivity index (χ3v) is 15.2. The van der Waals surface area contributed by atoms with Crippen LogP contribution in [0.2, 0.25) is 0 Å². The smallest absolute Gasteiger partial charge is 0.768 e. The van der Waals surface area contributed by atoms with E-state index in [1.165, 1.54) is 15.9 Å². The molecular weight excluding hydrogens is 928 g/mol. The summed E-state index contributed by atoms with van der Waals surface area (Å²) in [5, 5.41) is 1.47. The Morgan fingerprint density at radius 2 is 1.27 bits per heavy atom. The molecule has 0 saturated heterocycles. The average Bonchev–Trinajstić information content (AvgIpc) is 3.29. The summed E-state index contributed by atoms with van der Waals surface area (Å²) in [6.07, 6.45) is 1.70. The summed E-state index contributed by atoms with van der Waals surface area (Å²) in [6, 6.07) is 48.6. The van der Waals surface area contributed by atoms with Gasteiger partial charge in [-0.25, -0.2) is 8.42 Å². The van der Waals surface area contributed by atoms with E-state index in [2.05, 4.69) is 77.9 Å². The first-order chi connectivity index (χ1) is 31.4. The number of rotatable bonds is 16. The first-order valence-electron chi connectivity index (χ1n) is 21.4. The van der Waals surface area contributed by atoms with Gasteiger partial charge in [0, 0.05) is 90.1 Å². The second-order valence-corrected chi connectivity index (χ2v) is 20.6. The number of anilines is 2. The summed E-state index contributed by atoms with van der Waals surface area (Å²) >= 11 is 1.21. The van der Waals surface area contributed by atoms with Crippen LogP contribution in [0.5, 0.6) is 0 Å². The minimum absolute atomic E-state index is 0. The number of fused-ring (bicyclic) bond motifs is 2. The van der Waals surface area contributed by atoms with E-state index in [9.17, 15) is 21.7 Å². The van der Waals surface area contributed by atoms with Gasteiger partial charge in [0.25, 0.3) is 0 Å². The molecule has 332 valence electrons. The van der Waals surface area contributed by atoms with Crippen LogP contribution in [-0.4, -0.2) is 46.3 Å². The summed E-state index contributed by atoms with van der Waals surface area (Å²) in [5.41, 5.74) is 8.84. The van der Waals surface area contributed by atoms with E-state index in [4.69, 9.17) is 4.42 Å². The molecule has 1 unspecified atom stereocenters. The number of hydrogen-bond donors (Lipinski definition) is 0. The molecule has 0 saturated carbocycles. The van der Waals surface area contributed by atoms with Crippen LogP contribution in [0.1, 0.15) is 35.1 Å². The van der Waals surface area contributed by atoms with Gasteiger partial charge in [0.1, 0.15) is 28.0 Å². The maximum absolute atomic E-state index is 12.9. The van der Waals surface area contributed by atoms with Crippen LogP contribution in [0.15, 0.2) is 176 Å². The third-order valence-electron chi connectivity index (χ3n) is 11.5. The summed E-state index contributed by atoms with van der Waals surface area (Å²) in [5.74, 6) is 2.26. The van der Waals surface area contributed by atoms with Crippen molar-refractivity contribution in [1.82, 2.24) is 4.58 Å². The molecule has 66 heavy (non-hydrogen) atoms. The van der Waals surface area contributed by atoms with Crippen molar-refractivity contribution >= 4 is 72.8 Å². The van der Waals surface area contributed by atoms with Crippen molar-refractivity contribution in [2.24, 2.45) is 0 Å². The molecule has 0 bridgehead atoms. The number of aryl methyl sites for hydroxylation is 4. The van der Waals surface area contributed by atoms with Crippen LogP contribution >= 0.6 is 23.5 Å². The van der Waals surface area contributed by atoms with Crippen molar-refractivity contribution in [2.45, 2.75) is 60.1 Å². The van der Waals surface area contributed by atoms with E-state index >= 15 is 0 Å². The molecule has 1 aliphatic carbocycles. The summed E-state index contributed by atoms with van der Waals surface area (Å²) in [7, 11) is -4.87. The van der Waals surface area contributed by atoms with E-state index in [0.717, 1.165) is 75.6 Å². The fraction of sp³-hybridized carbons (Fsp3) is 0.189. The Labute approximate surface area is 441 Å². The summed E-state index contributed by atoms with van der Waals surface area (Å²) < 4.78 is 72.0. The van der Waals surface area contributed by atoms with Crippen LogP contribution in [-0.2, 0) is 21.2 Å². The standard InChI is InChI=1S/C53H50N2O6S4.K/c1-36-16-13-17-37(2)52(36)54(28-14-30-62-42-18-7-5-8-19-42)40-24-26-45-48(34-40)61-49-35-41(25-27-46(49)51(45)47-22-11-12-23-50(47)65(58,59)60)55(29-15-31-63-43-20-9-6-10-21-43)53-38(3)32-44(64(56)57)33-39(53)4;/h5-13,16-27,32-35H,14-15,28-31H2,1-4H3,(H-,56,57,58,59,60);/q;+1/p-1. The van der Waals surface area contributed by atoms with Gasteiger partial charge in [-0.3, -0.25) is 4.21 Å². The molecule has 1 aliphatic heterocycles. The molecular formula is C53H49KN2O6S4. The first-order valence-corrected chi connectivity index (χ1v) is 25.9. The Bertz CT molecular complexity index is 3140. The molecule has 1 atom stereocenters.